The molecule has 0 aliphatic carbocycles. The van der Waals surface area contributed by atoms with Gasteiger partial charge >= 0.3 is 0 Å². The van der Waals surface area contributed by atoms with Crippen molar-refractivity contribution in [2.75, 3.05) is 19.8 Å². The number of allylic oxidation sites excluding steroid dienone is 21. The predicted molar refractivity (Wildman–Crippen MR) is 405 cm³/mol. The number of carbonyl (C=O) groups is 1. The summed E-state index contributed by atoms with van der Waals surface area (Å²) in [7, 11) is 0. The molecule has 0 aromatic rings. The molecule has 0 aromatic carbocycles. The van der Waals surface area contributed by atoms with Crippen LogP contribution in [0.3, 0.4) is 0 Å². The van der Waals surface area contributed by atoms with Crippen molar-refractivity contribution in [3.8, 4) is 0 Å². The molecule has 2 saturated heterocycles. The fourth-order valence-electron chi connectivity index (χ4n) is 12.1. The Morgan fingerprint density at radius 2 is 0.714 bits per heavy atom. The molecular weight excluding hydrogens is 1230 g/mol. The average molecular weight is 1380 g/mol. The first-order valence-electron chi connectivity index (χ1n) is 39.4. The van der Waals surface area contributed by atoms with Crippen LogP contribution in [0.2, 0.25) is 0 Å². The van der Waals surface area contributed by atoms with Crippen molar-refractivity contribution >= 4 is 5.91 Å². The van der Waals surface area contributed by atoms with Gasteiger partial charge in [0.25, 0.3) is 0 Å². The van der Waals surface area contributed by atoms with Crippen molar-refractivity contribution in [3.05, 3.63) is 134 Å². The maximum Gasteiger partial charge on any atom is 0.220 e. The van der Waals surface area contributed by atoms with Gasteiger partial charge in [0.15, 0.2) is 12.6 Å². The lowest BCUT2D eigenvalue weighted by Crippen LogP contribution is -2.65. The zero-order valence-corrected chi connectivity index (χ0v) is 61.5. The van der Waals surface area contributed by atoms with Crippen molar-refractivity contribution in [1.29, 1.82) is 0 Å². The zero-order chi connectivity index (χ0) is 70.8. The van der Waals surface area contributed by atoms with Gasteiger partial charge in [-0.25, -0.2) is 0 Å². The van der Waals surface area contributed by atoms with E-state index in [2.05, 4.69) is 141 Å². The number of carbonyl (C=O) groups excluding carboxylic acids is 1. The van der Waals surface area contributed by atoms with Crippen LogP contribution in [0.4, 0.5) is 0 Å². The van der Waals surface area contributed by atoms with Crippen LogP contribution >= 0.6 is 0 Å². The Morgan fingerprint density at radius 1 is 0.378 bits per heavy atom. The second kappa shape index (κ2) is 66.4. The maximum atomic E-state index is 13.4. The Labute approximate surface area is 596 Å². The van der Waals surface area contributed by atoms with Crippen LogP contribution in [-0.2, 0) is 23.7 Å². The van der Waals surface area contributed by atoms with Crippen LogP contribution in [-0.4, -0.2) is 140 Å². The van der Waals surface area contributed by atoms with Gasteiger partial charge in [-0.3, -0.25) is 4.79 Å². The molecule has 0 radical (unpaired) electrons. The zero-order valence-electron chi connectivity index (χ0n) is 61.5. The molecule has 1 amide bonds. The molecule has 14 nitrogen and oxygen atoms in total. The number of aliphatic hydroxyl groups is 8. The van der Waals surface area contributed by atoms with Crippen molar-refractivity contribution < 1.29 is 64.6 Å². The highest BCUT2D eigenvalue weighted by Gasteiger charge is 2.51. The van der Waals surface area contributed by atoms with E-state index in [0.717, 1.165) is 116 Å². The summed E-state index contributed by atoms with van der Waals surface area (Å²) in [6.45, 7) is 2.67. The normalized spacial score (nSPS) is 22.8. The highest BCUT2D eigenvalue weighted by molar-refractivity contribution is 5.76. The van der Waals surface area contributed by atoms with E-state index >= 15 is 0 Å². The van der Waals surface area contributed by atoms with E-state index in [1.165, 1.54) is 148 Å². The summed E-state index contributed by atoms with van der Waals surface area (Å²) >= 11 is 0. The summed E-state index contributed by atoms with van der Waals surface area (Å²) in [4.78, 5) is 13.4. The number of aliphatic hydroxyl groups excluding tert-OH is 8. The molecule has 0 aromatic heterocycles. The fourth-order valence-corrected chi connectivity index (χ4v) is 12.1. The Bertz CT molecular complexity index is 2160. The number of amides is 1. The third-order valence-corrected chi connectivity index (χ3v) is 18.3. The number of hydrogen-bond donors (Lipinski definition) is 9. The van der Waals surface area contributed by atoms with E-state index in [0.29, 0.717) is 12.8 Å². The first-order chi connectivity index (χ1) is 48.1. The quantitative estimate of drug-likeness (QED) is 0.0204. The third kappa shape index (κ3) is 48.9. The van der Waals surface area contributed by atoms with E-state index in [1.807, 2.05) is 6.08 Å². The fraction of sp³-hybridized carbons (Fsp3) is 0.726. The molecule has 12 atom stereocenters. The van der Waals surface area contributed by atoms with Crippen LogP contribution < -0.4 is 5.32 Å². The number of unbranched alkanes of at least 4 members (excludes halogenated alkanes) is 31. The molecule has 14 heteroatoms. The van der Waals surface area contributed by atoms with Crippen LogP contribution in [0.15, 0.2) is 134 Å². The Balaban J connectivity index is 1.68. The Hall–Kier alpha value is -3.87. The van der Waals surface area contributed by atoms with Crippen molar-refractivity contribution in [2.45, 2.75) is 370 Å². The minimum absolute atomic E-state index is 0.244. The second-order valence-electron chi connectivity index (χ2n) is 27.1. The van der Waals surface area contributed by atoms with Gasteiger partial charge in [0.05, 0.1) is 32.0 Å². The number of rotatable bonds is 64. The van der Waals surface area contributed by atoms with Gasteiger partial charge in [0, 0.05) is 6.42 Å². The second-order valence-corrected chi connectivity index (χ2v) is 27.1. The van der Waals surface area contributed by atoms with Gasteiger partial charge in [-0.2, -0.15) is 0 Å². The predicted octanol–water partition coefficient (Wildman–Crippen LogP) is 17.8. The number of nitrogens with one attached hydrogen (secondary N) is 1. The topological polar surface area (TPSA) is 228 Å². The number of ether oxygens (including phenoxy) is 4. The van der Waals surface area contributed by atoms with E-state index in [4.69, 9.17) is 18.9 Å². The molecule has 2 aliphatic rings. The summed E-state index contributed by atoms with van der Waals surface area (Å²) in [6.07, 6.45) is 82.4. The van der Waals surface area contributed by atoms with Crippen molar-refractivity contribution in [1.82, 2.24) is 5.32 Å². The summed E-state index contributed by atoms with van der Waals surface area (Å²) in [5.74, 6) is -0.271. The van der Waals surface area contributed by atoms with E-state index in [9.17, 15) is 45.6 Å². The van der Waals surface area contributed by atoms with Gasteiger partial charge in [0.1, 0.15) is 48.8 Å². The molecule has 0 spiro atoms. The summed E-state index contributed by atoms with van der Waals surface area (Å²) in [5.41, 5.74) is 0. The molecule has 2 heterocycles. The molecule has 562 valence electrons. The van der Waals surface area contributed by atoms with Gasteiger partial charge in [-0.15, -0.1) is 0 Å². The average Bonchev–Trinajstić information content (AvgIpc) is 0.793. The van der Waals surface area contributed by atoms with Crippen molar-refractivity contribution in [3.63, 3.8) is 0 Å². The molecule has 2 rings (SSSR count). The smallest absolute Gasteiger partial charge is 0.220 e. The minimum Gasteiger partial charge on any atom is -0.394 e. The molecule has 2 aliphatic heterocycles. The molecular formula is C84H143NO13. The van der Waals surface area contributed by atoms with Gasteiger partial charge in [-0.05, 0) is 109 Å². The first kappa shape index (κ1) is 90.2. The maximum absolute atomic E-state index is 13.4. The van der Waals surface area contributed by atoms with Crippen LogP contribution in [0.5, 0.6) is 0 Å². The van der Waals surface area contributed by atoms with Crippen LogP contribution in [0.1, 0.15) is 296 Å². The SMILES string of the molecule is CC/C=C\C/C=C\C/C=C\C/C=C\C/C=C\C/C=C\C/C=C\C/C=C\CCCCCCCCC(=O)NC(COC1OC(CO)C(OC2OC(CO)C(O)C(O)C2O)C(O)C1O)C(O)/C=C/CC/C=C/CC/C=C/CCCCCCCCCCCCCCCCCCCCCCCCC. The van der Waals surface area contributed by atoms with Crippen molar-refractivity contribution in [2.24, 2.45) is 0 Å². The lowest BCUT2D eigenvalue weighted by atomic mass is 9.97. The summed E-state index contributed by atoms with van der Waals surface area (Å²) in [6, 6.07) is -0.959. The summed E-state index contributed by atoms with van der Waals surface area (Å²) in [5, 5.41) is 87.6. The van der Waals surface area contributed by atoms with E-state index < -0.39 is 86.8 Å². The number of hydrogen-bond acceptors (Lipinski definition) is 13. The van der Waals surface area contributed by atoms with Crippen LogP contribution in [0.25, 0.3) is 0 Å². The highest BCUT2D eigenvalue weighted by Crippen LogP contribution is 2.30. The lowest BCUT2D eigenvalue weighted by molar-refractivity contribution is -0.359. The van der Waals surface area contributed by atoms with Gasteiger partial charge in [-0.1, -0.05) is 314 Å². The van der Waals surface area contributed by atoms with E-state index in [-0.39, 0.29) is 18.9 Å². The Kier molecular flexibility index (Phi) is 61.1. The largest absolute Gasteiger partial charge is 0.394 e. The summed E-state index contributed by atoms with van der Waals surface area (Å²) < 4.78 is 22.9. The molecule has 98 heavy (non-hydrogen) atoms. The molecule has 9 N–H and O–H groups in total. The van der Waals surface area contributed by atoms with Gasteiger partial charge in [0.2, 0.25) is 5.91 Å². The van der Waals surface area contributed by atoms with E-state index in [1.54, 1.807) is 6.08 Å². The molecule has 2 fully saturated rings. The Morgan fingerprint density at radius 3 is 1.12 bits per heavy atom. The third-order valence-electron chi connectivity index (χ3n) is 18.3. The van der Waals surface area contributed by atoms with Gasteiger partial charge < -0.3 is 65.1 Å². The lowest BCUT2D eigenvalue weighted by Gasteiger charge is -2.46. The monoisotopic (exact) mass is 1370 g/mol. The first-order valence-corrected chi connectivity index (χ1v) is 39.4. The highest BCUT2D eigenvalue weighted by atomic mass is 16.7. The standard InChI is InChI=1S/C84H143NO13/c1-3-5-7-9-11-13-15-17-19-21-23-25-27-29-31-33-35-36-38-39-41-43-45-47-49-51-53-55-57-59-61-63-65-67-73(88)72(71-95-83-81(94)79(92)82(75(70-87)97-83)98-84-80(93)78(91)77(90)74(69-86)96-84)85-76(89)68-66-64-62-60-58-56-54-52-50-48-46-44-42-40-37-34-32-30-28-26-24-22-20-18-16-14-12-10-8-6-4-2/h6,8,12,14,18,20,24,26,30,32,37,40,44,46,49-52,57,59,65,67,72-75,77-84,86-88,90-94H,3-5,7,9-11,13,15-17,19,21-23,25,27-29,31,33-36,38-39,41-43,45,47-48,53-56,58,60-64,66,68-71H2,1-2H3,(H,85,89)/b8-6-,14-12-,20-18-,26-24-,32-30-,40-37-,46-44-,51-49+,52-50-,59-57+,67-65+. The molecule has 0 saturated carbocycles. The van der Waals surface area contributed by atoms with Crippen LogP contribution in [0, 0.1) is 0 Å². The minimum atomic E-state index is -1.80. The molecule has 12 unspecified atom stereocenters. The molecule has 0 bridgehead atoms.